The minimum Gasteiger partial charge on any atom is -0.497 e. The van der Waals surface area contributed by atoms with E-state index in [4.69, 9.17) is 57.8 Å². The second-order valence-corrected chi connectivity index (χ2v) is 16.9. The predicted molar refractivity (Wildman–Crippen MR) is 256 cm³/mol. The summed E-state index contributed by atoms with van der Waals surface area (Å²) >= 11 is 0. The van der Waals surface area contributed by atoms with Crippen LogP contribution in [0.5, 0.6) is 5.75 Å². The first-order chi connectivity index (χ1) is 33.5. The molecule has 0 unspecified atom stereocenters. The molecule has 2 aliphatic rings. The summed E-state index contributed by atoms with van der Waals surface area (Å²) in [6.45, 7) is 1.96. The van der Waals surface area contributed by atoms with Crippen molar-refractivity contribution in [2.45, 2.75) is 101 Å². The molecular formula is C56H63NO11. The number of rotatable bonds is 24. The Morgan fingerprint density at radius 2 is 0.735 bits per heavy atom. The predicted octanol–water partition coefficient (Wildman–Crippen LogP) is 8.58. The van der Waals surface area contributed by atoms with E-state index in [0.29, 0.717) is 26.4 Å². The molecule has 0 aliphatic carbocycles. The van der Waals surface area contributed by atoms with E-state index in [1.807, 2.05) is 176 Å². The summed E-state index contributed by atoms with van der Waals surface area (Å²) in [5.74, 6) is 0.744. The van der Waals surface area contributed by atoms with E-state index in [0.717, 1.165) is 39.1 Å². The monoisotopic (exact) mass is 925 g/mol. The van der Waals surface area contributed by atoms with Crippen molar-refractivity contribution in [2.75, 3.05) is 27.4 Å². The molecule has 6 aromatic carbocycles. The molecule has 2 N–H and O–H groups in total. The minimum atomic E-state index is -0.972. The van der Waals surface area contributed by atoms with Gasteiger partial charge in [-0.3, -0.25) is 0 Å². The molecule has 0 saturated carbocycles. The van der Waals surface area contributed by atoms with E-state index in [-0.39, 0.29) is 26.4 Å². The van der Waals surface area contributed by atoms with Crippen molar-refractivity contribution in [3.8, 4) is 5.75 Å². The van der Waals surface area contributed by atoms with Crippen molar-refractivity contribution in [1.82, 2.24) is 0 Å². The largest absolute Gasteiger partial charge is 0.497 e. The summed E-state index contributed by atoms with van der Waals surface area (Å²) in [5, 5.41) is 0. The molecule has 2 heterocycles. The number of ether oxygens (including phenoxy) is 11. The van der Waals surface area contributed by atoms with E-state index >= 15 is 0 Å². The van der Waals surface area contributed by atoms with Gasteiger partial charge in [0.2, 0.25) is 0 Å². The first-order valence-corrected chi connectivity index (χ1v) is 23.2. The van der Waals surface area contributed by atoms with Crippen LogP contribution in [0.1, 0.15) is 33.4 Å². The molecule has 12 heteroatoms. The van der Waals surface area contributed by atoms with Crippen LogP contribution in [0, 0.1) is 0 Å². The highest BCUT2D eigenvalue weighted by molar-refractivity contribution is 5.27. The van der Waals surface area contributed by atoms with Crippen LogP contribution in [-0.2, 0) is 87.0 Å². The van der Waals surface area contributed by atoms with Crippen LogP contribution in [0.15, 0.2) is 176 Å². The average molecular weight is 926 g/mol. The number of nitrogens with two attached hydrogens (primary N) is 1. The third-order valence-electron chi connectivity index (χ3n) is 12.1. The molecule has 0 bridgehead atoms. The van der Waals surface area contributed by atoms with Crippen LogP contribution in [0.25, 0.3) is 0 Å². The zero-order chi connectivity index (χ0) is 46.8. The maximum atomic E-state index is 7.20. The van der Waals surface area contributed by atoms with E-state index in [1.54, 1.807) is 14.2 Å². The van der Waals surface area contributed by atoms with Crippen LogP contribution in [-0.4, -0.2) is 88.8 Å². The van der Waals surface area contributed by atoms with Gasteiger partial charge in [-0.2, -0.15) is 0 Å². The number of benzene rings is 6. The van der Waals surface area contributed by atoms with Crippen LogP contribution in [0.3, 0.4) is 0 Å². The van der Waals surface area contributed by atoms with E-state index < -0.39 is 61.3 Å². The molecule has 10 atom stereocenters. The van der Waals surface area contributed by atoms with E-state index in [1.165, 1.54) is 0 Å². The highest BCUT2D eigenvalue weighted by Gasteiger charge is 2.51. The van der Waals surface area contributed by atoms with Gasteiger partial charge in [-0.15, -0.1) is 0 Å². The highest BCUT2D eigenvalue weighted by atomic mass is 16.7. The number of hydrogen-bond donors (Lipinski definition) is 1. The molecule has 2 fully saturated rings. The summed E-state index contributed by atoms with van der Waals surface area (Å²) in [6, 6.07) is 56.9. The molecule has 2 aliphatic heterocycles. The summed E-state index contributed by atoms with van der Waals surface area (Å²) in [4.78, 5) is 0. The fourth-order valence-corrected chi connectivity index (χ4v) is 8.43. The van der Waals surface area contributed by atoms with Crippen molar-refractivity contribution in [2.24, 2.45) is 5.73 Å². The molecule has 2 saturated heterocycles. The lowest BCUT2D eigenvalue weighted by Gasteiger charge is -2.47. The van der Waals surface area contributed by atoms with Crippen molar-refractivity contribution < 1.29 is 52.1 Å². The van der Waals surface area contributed by atoms with Gasteiger partial charge >= 0.3 is 0 Å². The zero-order valence-corrected chi connectivity index (χ0v) is 38.7. The third-order valence-corrected chi connectivity index (χ3v) is 12.1. The Bertz CT molecular complexity index is 2300. The second kappa shape index (κ2) is 25.9. The lowest BCUT2D eigenvalue weighted by Crippen LogP contribution is -2.65. The van der Waals surface area contributed by atoms with Crippen LogP contribution < -0.4 is 10.5 Å². The fraction of sp³-hybridized carbons (Fsp3) is 0.357. The Labute approximate surface area is 400 Å². The van der Waals surface area contributed by atoms with Gasteiger partial charge in [0.1, 0.15) is 48.5 Å². The standard InChI is InChI=1S/C56H63NO11/c1-58-46-30-28-45(29-31-46)37-62-51-48(68-56(59-2)54(65-36-44-26-16-7-17-27-44)53(51)64-35-43-24-14-6-15-25-43)39-66-55-49(57)52(63-34-42-22-12-5-13-23-42)50(61-33-41-20-10-4-11-21-41)47(67-55)38-60-32-40-18-8-3-9-19-40/h3-31,47-56H,32-39,57H2,1-2H3/t47-,48-,49-,50-,51-,52-,53+,54-,55-,56-/m1/s1. The van der Waals surface area contributed by atoms with Gasteiger partial charge < -0.3 is 57.8 Å². The van der Waals surface area contributed by atoms with Gasteiger partial charge in [0.25, 0.3) is 0 Å². The fourth-order valence-electron chi connectivity index (χ4n) is 8.43. The minimum absolute atomic E-state index is 0.0132. The van der Waals surface area contributed by atoms with Crippen molar-refractivity contribution >= 4 is 0 Å². The zero-order valence-electron chi connectivity index (χ0n) is 38.7. The molecule has 0 aromatic heterocycles. The van der Waals surface area contributed by atoms with Crippen LogP contribution in [0.2, 0.25) is 0 Å². The maximum Gasteiger partial charge on any atom is 0.186 e. The summed E-state index contributed by atoms with van der Waals surface area (Å²) in [5.41, 5.74) is 13.1. The average Bonchev–Trinajstić information content (AvgIpc) is 3.40. The third kappa shape index (κ3) is 13.9. The molecule has 0 amide bonds. The second-order valence-electron chi connectivity index (χ2n) is 16.9. The quantitative estimate of drug-likeness (QED) is 0.0625. The Morgan fingerprint density at radius 3 is 1.19 bits per heavy atom. The maximum absolute atomic E-state index is 7.20. The van der Waals surface area contributed by atoms with Crippen LogP contribution >= 0.6 is 0 Å². The summed E-state index contributed by atoms with van der Waals surface area (Å²) < 4.78 is 72.1. The molecule has 6 aromatic rings. The molecule has 0 radical (unpaired) electrons. The summed E-state index contributed by atoms with van der Waals surface area (Å²) in [6.07, 6.45) is -6.58. The van der Waals surface area contributed by atoms with Gasteiger partial charge in [-0.05, 0) is 45.5 Å². The molecule has 68 heavy (non-hydrogen) atoms. The molecule has 0 spiro atoms. The molecule has 8 rings (SSSR count). The smallest absolute Gasteiger partial charge is 0.186 e. The topological polar surface area (TPSA) is 128 Å². The van der Waals surface area contributed by atoms with Gasteiger partial charge in [-0.1, -0.05) is 164 Å². The molecular weight excluding hydrogens is 863 g/mol. The van der Waals surface area contributed by atoms with Crippen molar-refractivity contribution in [3.05, 3.63) is 209 Å². The number of methoxy groups -OCH3 is 2. The Hall–Kier alpha value is -5.32. The lowest BCUT2D eigenvalue weighted by atomic mass is 9.96. The first kappa shape index (κ1) is 49.1. The van der Waals surface area contributed by atoms with E-state index in [9.17, 15) is 0 Å². The normalized spacial score (nSPS) is 24.9. The van der Waals surface area contributed by atoms with Gasteiger partial charge in [0.15, 0.2) is 12.6 Å². The summed E-state index contributed by atoms with van der Waals surface area (Å²) in [7, 11) is 3.24. The lowest BCUT2D eigenvalue weighted by molar-refractivity contribution is -0.336. The van der Waals surface area contributed by atoms with Crippen LogP contribution in [0.4, 0.5) is 0 Å². The Kier molecular flexibility index (Phi) is 18.7. The van der Waals surface area contributed by atoms with Crippen molar-refractivity contribution in [1.29, 1.82) is 0 Å². The Balaban J connectivity index is 1.07. The Morgan fingerprint density at radius 1 is 0.368 bits per heavy atom. The van der Waals surface area contributed by atoms with Gasteiger partial charge in [0, 0.05) is 7.11 Å². The molecule has 358 valence electrons. The van der Waals surface area contributed by atoms with Crippen molar-refractivity contribution in [3.63, 3.8) is 0 Å². The highest BCUT2D eigenvalue weighted by Crippen LogP contribution is 2.33. The SMILES string of the molecule is COc1ccc(CO[C@H]2[C@H](OCc3ccccc3)[C@@H](OCc3ccccc3)[C@H](OC)O[C@@H]2CO[C@@H]2O[C@H](COCc3ccccc3)[C@@H](OCc3ccccc3)[C@H](OCc3ccccc3)[C@H]2N)cc1. The first-order valence-electron chi connectivity index (χ1n) is 23.2. The van der Waals surface area contributed by atoms with Gasteiger partial charge in [-0.25, -0.2) is 0 Å². The number of hydrogen-bond acceptors (Lipinski definition) is 12. The molecule has 12 nitrogen and oxygen atoms in total. The van der Waals surface area contributed by atoms with Gasteiger partial charge in [0.05, 0.1) is 66.0 Å². The van der Waals surface area contributed by atoms with E-state index in [2.05, 4.69) is 0 Å².